The normalized spacial score (nSPS) is 28.0. The zero-order chi connectivity index (χ0) is 33.6. The third-order valence-corrected chi connectivity index (χ3v) is 11.6. The van der Waals surface area contributed by atoms with Crippen molar-refractivity contribution in [2.24, 2.45) is 10.9 Å². The number of nitrogens with zero attached hydrogens (tertiary/aromatic N) is 5. The molecule has 252 valence electrons. The molecule has 0 aromatic heterocycles. The molecule has 12 heteroatoms. The van der Waals surface area contributed by atoms with E-state index in [1.54, 1.807) is 9.80 Å². The summed E-state index contributed by atoms with van der Waals surface area (Å²) in [6.07, 6.45) is 1.33. The molecule has 6 rings (SSSR count). The maximum absolute atomic E-state index is 14.7. The smallest absolute Gasteiger partial charge is 0.263 e. The second-order valence-corrected chi connectivity index (χ2v) is 15.2. The van der Waals surface area contributed by atoms with Gasteiger partial charge in [0.25, 0.3) is 5.91 Å². The molecule has 0 spiro atoms. The van der Waals surface area contributed by atoms with Crippen molar-refractivity contribution >= 4 is 51.9 Å². The van der Waals surface area contributed by atoms with Gasteiger partial charge in [-0.3, -0.25) is 14.5 Å². The van der Waals surface area contributed by atoms with Gasteiger partial charge in [-0.1, -0.05) is 61.3 Å². The van der Waals surface area contributed by atoms with Crippen molar-refractivity contribution in [1.29, 1.82) is 0 Å². The highest BCUT2D eigenvalue weighted by atomic mass is 35.5. The van der Waals surface area contributed by atoms with Crippen LogP contribution in [0.4, 0.5) is 0 Å². The molecular formula is C35H43Cl2N5O4S. The zero-order valence-electron chi connectivity index (χ0n) is 27.3. The molecule has 4 heterocycles. The number of fused-ring (bicyclic) bond motifs is 1. The minimum Gasteiger partial charge on any atom is -0.395 e. The van der Waals surface area contributed by atoms with Crippen molar-refractivity contribution in [3.8, 4) is 0 Å². The van der Waals surface area contributed by atoms with E-state index in [9.17, 15) is 19.8 Å². The summed E-state index contributed by atoms with van der Waals surface area (Å²) in [6, 6.07) is 14.5. The Morgan fingerprint density at radius 2 is 1.68 bits per heavy atom. The lowest BCUT2D eigenvalue weighted by molar-refractivity contribution is -0.145. The van der Waals surface area contributed by atoms with Crippen LogP contribution >= 0.6 is 35.0 Å². The van der Waals surface area contributed by atoms with Gasteiger partial charge in [0.1, 0.15) is 16.5 Å². The van der Waals surface area contributed by atoms with Gasteiger partial charge < -0.3 is 24.9 Å². The quantitative estimate of drug-likeness (QED) is 0.395. The minimum atomic E-state index is -0.670. The fourth-order valence-electron chi connectivity index (χ4n) is 7.65. The molecular weight excluding hydrogens is 657 g/mol. The van der Waals surface area contributed by atoms with Crippen LogP contribution in [-0.4, -0.2) is 104 Å². The monoisotopic (exact) mass is 699 g/mol. The molecule has 0 unspecified atom stereocenters. The van der Waals surface area contributed by atoms with Gasteiger partial charge in [0.05, 0.1) is 25.3 Å². The molecule has 5 atom stereocenters. The number of allylic oxidation sites excluding steroid dienone is 1. The van der Waals surface area contributed by atoms with Crippen molar-refractivity contribution in [1.82, 2.24) is 19.6 Å². The van der Waals surface area contributed by atoms with E-state index in [2.05, 4.69) is 25.7 Å². The molecule has 0 saturated carbocycles. The SMILES string of the molecule is CC(C)C1=C(C(=O)N2[C@H](C)CC[C@H]2C(=O)N2CCN(CCO)[C@@H](CO)C2)SC2=N[C@@](C)(c3ccc(Cl)cc3)[C@@H](c3ccc(Cl)cc3)N21. The Labute approximate surface area is 291 Å². The molecule has 2 amide bonds. The summed E-state index contributed by atoms with van der Waals surface area (Å²) in [4.78, 5) is 42.5. The fraction of sp³-hybridized carbons (Fsp3) is 0.514. The molecule has 2 aromatic rings. The number of β-amino-alcohol motifs (C(OH)–C–C–N with tert-alkyl or cyclic N) is 1. The van der Waals surface area contributed by atoms with E-state index in [0.29, 0.717) is 47.6 Å². The third-order valence-electron chi connectivity index (χ3n) is 10.1. The summed E-state index contributed by atoms with van der Waals surface area (Å²) in [5, 5.41) is 21.5. The average molecular weight is 701 g/mol. The predicted octanol–water partition coefficient (Wildman–Crippen LogP) is 5.11. The summed E-state index contributed by atoms with van der Waals surface area (Å²) in [7, 11) is 0. The third kappa shape index (κ3) is 6.22. The van der Waals surface area contributed by atoms with Crippen molar-refractivity contribution in [3.63, 3.8) is 0 Å². The largest absolute Gasteiger partial charge is 0.395 e. The number of piperazine rings is 1. The Bertz CT molecular complexity index is 1570. The lowest BCUT2D eigenvalue weighted by Gasteiger charge is -2.42. The Morgan fingerprint density at radius 1 is 1.02 bits per heavy atom. The van der Waals surface area contributed by atoms with Gasteiger partial charge in [0.2, 0.25) is 5.91 Å². The van der Waals surface area contributed by atoms with Gasteiger partial charge in [-0.05, 0) is 79.8 Å². The summed E-state index contributed by atoms with van der Waals surface area (Å²) >= 11 is 14.0. The van der Waals surface area contributed by atoms with Gasteiger partial charge in [-0.2, -0.15) is 0 Å². The van der Waals surface area contributed by atoms with Crippen LogP contribution in [0.5, 0.6) is 0 Å². The Balaban J connectivity index is 1.34. The second kappa shape index (κ2) is 13.7. The van der Waals surface area contributed by atoms with Crippen LogP contribution in [0.15, 0.2) is 64.1 Å². The Hall–Kier alpha value is -2.60. The molecule has 2 saturated heterocycles. The van der Waals surface area contributed by atoms with Gasteiger partial charge in [0, 0.05) is 48.0 Å². The van der Waals surface area contributed by atoms with E-state index in [1.807, 2.05) is 60.4 Å². The first-order chi connectivity index (χ1) is 22.5. The standard InChI is InChI=1S/C35H43Cl2N5O4S/c1-21(2)29-30(33(46)41-22(3)5-14-28(41)32(45)40-16-15-39(17-18-43)27(19-40)20-44)47-34-38-35(4,24-8-12-26(37)13-9-24)31(42(29)34)23-6-10-25(36)11-7-23/h6-13,21-22,27-28,31,43-44H,5,14-20H2,1-4H3/t22-,27-,28+,31-,35+/m1/s1. The summed E-state index contributed by atoms with van der Waals surface area (Å²) in [5.41, 5.74) is 2.27. The Morgan fingerprint density at radius 3 is 2.30 bits per heavy atom. The second-order valence-electron chi connectivity index (χ2n) is 13.4. The predicted molar refractivity (Wildman–Crippen MR) is 187 cm³/mol. The van der Waals surface area contributed by atoms with E-state index in [1.165, 1.54) is 11.8 Å². The highest BCUT2D eigenvalue weighted by Crippen LogP contribution is 2.56. The summed E-state index contributed by atoms with van der Waals surface area (Å²) in [5.74, 6) is -0.222. The van der Waals surface area contributed by atoms with Crippen molar-refractivity contribution in [3.05, 3.63) is 80.3 Å². The molecule has 0 radical (unpaired) electrons. The number of rotatable bonds is 8. The van der Waals surface area contributed by atoms with Crippen LogP contribution in [0.25, 0.3) is 0 Å². The minimum absolute atomic E-state index is 0.00212. The lowest BCUT2D eigenvalue weighted by atomic mass is 9.81. The summed E-state index contributed by atoms with van der Waals surface area (Å²) in [6.45, 7) is 10.1. The highest BCUT2D eigenvalue weighted by molar-refractivity contribution is 8.18. The molecule has 2 fully saturated rings. The number of carbonyl (C=O) groups excluding carboxylic acids is 2. The molecule has 0 aliphatic carbocycles. The van der Waals surface area contributed by atoms with Crippen LogP contribution in [-0.2, 0) is 15.1 Å². The van der Waals surface area contributed by atoms with Crippen molar-refractivity contribution in [2.75, 3.05) is 39.4 Å². The number of halogens is 2. The fourth-order valence-corrected chi connectivity index (χ4v) is 9.25. The van der Waals surface area contributed by atoms with Crippen LogP contribution < -0.4 is 0 Å². The molecule has 2 aromatic carbocycles. The van der Waals surface area contributed by atoms with Crippen molar-refractivity contribution < 1.29 is 19.8 Å². The first-order valence-corrected chi connectivity index (χ1v) is 18.0. The summed E-state index contributed by atoms with van der Waals surface area (Å²) < 4.78 is 0. The first kappa shape index (κ1) is 34.3. The van der Waals surface area contributed by atoms with Gasteiger partial charge in [0.15, 0.2) is 5.17 Å². The maximum atomic E-state index is 14.7. The number of amides is 2. The average Bonchev–Trinajstić information content (AvgIpc) is 3.70. The topological polar surface area (TPSA) is 99.9 Å². The van der Waals surface area contributed by atoms with E-state index in [-0.39, 0.29) is 49.1 Å². The molecule has 2 N–H and O–H groups in total. The number of carbonyl (C=O) groups is 2. The maximum Gasteiger partial charge on any atom is 0.263 e. The number of aliphatic hydroxyl groups excluding tert-OH is 2. The van der Waals surface area contributed by atoms with Gasteiger partial charge in [-0.15, -0.1) is 0 Å². The molecule has 4 aliphatic heterocycles. The number of hydrogen-bond donors (Lipinski definition) is 2. The number of benzene rings is 2. The molecule has 4 aliphatic rings. The number of likely N-dealkylation sites (tertiary alicyclic amines) is 1. The molecule has 0 bridgehead atoms. The Kier molecular flexibility index (Phi) is 10.0. The highest BCUT2D eigenvalue weighted by Gasteiger charge is 2.54. The van der Waals surface area contributed by atoms with Crippen LogP contribution in [0.2, 0.25) is 10.0 Å². The first-order valence-electron chi connectivity index (χ1n) is 16.4. The van der Waals surface area contributed by atoms with Crippen molar-refractivity contribution in [2.45, 2.75) is 70.2 Å². The van der Waals surface area contributed by atoms with Crippen LogP contribution in [0, 0.1) is 5.92 Å². The van der Waals surface area contributed by atoms with Gasteiger partial charge >= 0.3 is 0 Å². The van der Waals surface area contributed by atoms with E-state index in [4.69, 9.17) is 28.2 Å². The van der Waals surface area contributed by atoms with E-state index < -0.39 is 11.6 Å². The number of amidine groups is 1. The number of aliphatic hydroxyl groups is 2. The van der Waals surface area contributed by atoms with Gasteiger partial charge in [-0.25, -0.2) is 4.99 Å². The van der Waals surface area contributed by atoms with E-state index in [0.717, 1.165) is 28.4 Å². The molecule has 47 heavy (non-hydrogen) atoms. The van der Waals surface area contributed by atoms with Crippen LogP contribution in [0.1, 0.15) is 57.7 Å². The number of hydrogen-bond acceptors (Lipinski definition) is 8. The van der Waals surface area contributed by atoms with E-state index >= 15 is 0 Å². The number of aliphatic imine (C=N–C) groups is 1. The molecule has 9 nitrogen and oxygen atoms in total. The lowest BCUT2D eigenvalue weighted by Crippen LogP contribution is -2.60. The number of thioether (sulfide) groups is 1. The zero-order valence-corrected chi connectivity index (χ0v) is 29.6. The van der Waals surface area contributed by atoms with Crippen LogP contribution in [0.3, 0.4) is 0 Å².